The summed E-state index contributed by atoms with van der Waals surface area (Å²) < 4.78 is 0. The van der Waals surface area contributed by atoms with E-state index in [4.69, 9.17) is 0 Å². The standard InChI is InChI=1S/C23H18N4O3S/c28-22-21(15-18-10-7-13-20(14-18)27(29)30)31-23(26(22)19-11-5-2-6-12-19)25-24-16-17-8-3-1-4-9-17/h1-14,16,21H,15H2/b24-16+,25-23+. The molecule has 31 heavy (non-hydrogen) atoms. The first-order valence-corrected chi connectivity index (χ1v) is 10.4. The number of carbonyl (C=O) groups excluding carboxylic acids is 1. The number of hydrogen-bond acceptors (Lipinski definition) is 6. The fraction of sp³-hybridized carbons (Fsp3) is 0.0870. The van der Waals surface area contributed by atoms with Crippen LogP contribution in [0.5, 0.6) is 0 Å². The molecule has 1 amide bonds. The van der Waals surface area contributed by atoms with Gasteiger partial charge in [-0.2, -0.15) is 5.10 Å². The van der Waals surface area contributed by atoms with Gasteiger partial charge in [-0.3, -0.25) is 19.8 Å². The highest BCUT2D eigenvalue weighted by Crippen LogP contribution is 2.34. The van der Waals surface area contributed by atoms with Gasteiger partial charge in [0.2, 0.25) is 5.91 Å². The molecule has 1 aliphatic heterocycles. The van der Waals surface area contributed by atoms with Crippen molar-refractivity contribution in [3.63, 3.8) is 0 Å². The molecule has 0 aliphatic carbocycles. The molecule has 0 saturated carbocycles. The molecule has 0 bridgehead atoms. The third-order valence-electron chi connectivity index (χ3n) is 4.64. The number of amides is 1. The lowest BCUT2D eigenvalue weighted by atomic mass is 10.1. The zero-order chi connectivity index (χ0) is 21.6. The number of benzene rings is 3. The van der Waals surface area contributed by atoms with Crippen molar-refractivity contribution in [2.75, 3.05) is 4.90 Å². The largest absolute Gasteiger partial charge is 0.273 e. The van der Waals surface area contributed by atoms with E-state index >= 15 is 0 Å². The van der Waals surface area contributed by atoms with Gasteiger partial charge in [0.15, 0.2) is 5.17 Å². The zero-order valence-corrected chi connectivity index (χ0v) is 17.2. The van der Waals surface area contributed by atoms with Crippen LogP contribution < -0.4 is 4.90 Å². The molecule has 8 heteroatoms. The van der Waals surface area contributed by atoms with Gasteiger partial charge >= 0.3 is 0 Å². The topological polar surface area (TPSA) is 88.2 Å². The van der Waals surface area contributed by atoms with Crippen LogP contribution in [0.15, 0.2) is 95.1 Å². The van der Waals surface area contributed by atoms with E-state index in [0.29, 0.717) is 17.3 Å². The van der Waals surface area contributed by atoms with Gasteiger partial charge in [-0.15, -0.1) is 5.10 Å². The summed E-state index contributed by atoms with van der Waals surface area (Å²) in [7, 11) is 0. The first-order valence-electron chi connectivity index (χ1n) is 9.57. The summed E-state index contributed by atoms with van der Waals surface area (Å²) in [6, 6.07) is 25.2. The van der Waals surface area contributed by atoms with E-state index in [-0.39, 0.29) is 11.6 Å². The Morgan fingerprint density at radius 3 is 2.42 bits per heavy atom. The molecular weight excluding hydrogens is 412 g/mol. The molecule has 7 nitrogen and oxygen atoms in total. The van der Waals surface area contributed by atoms with Crippen molar-refractivity contribution in [1.82, 2.24) is 0 Å². The van der Waals surface area contributed by atoms with Crippen LogP contribution in [-0.2, 0) is 11.2 Å². The minimum absolute atomic E-state index is 0.00853. The second kappa shape index (κ2) is 9.36. The normalized spacial score (nSPS) is 17.5. The summed E-state index contributed by atoms with van der Waals surface area (Å²) in [6.07, 6.45) is 1.99. The van der Waals surface area contributed by atoms with Crippen LogP contribution >= 0.6 is 11.8 Å². The second-order valence-electron chi connectivity index (χ2n) is 6.78. The van der Waals surface area contributed by atoms with Gasteiger partial charge in [0.1, 0.15) is 0 Å². The van der Waals surface area contributed by atoms with Crippen molar-refractivity contribution >= 4 is 40.4 Å². The quantitative estimate of drug-likeness (QED) is 0.323. The molecule has 1 aliphatic rings. The summed E-state index contributed by atoms with van der Waals surface area (Å²) in [5.74, 6) is -0.128. The van der Waals surface area contributed by atoms with Crippen molar-refractivity contribution in [3.8, 4) is 0 Å². The third kappa shape index (κ3) is 4.87. The summed E-state index contributed by atoms with van der Waals surface area (Å²) in [6.45, 7) is 0. The molecule has 1 fully saturated rings. The lowest BCUT2D eigenvalue weighted by Gasteiger charge is -2.15. The summed E-state index contributed by atoms with van der Waals surface area (Å²) in [5, 5.41) is 19.6. The van der Waals surface area contributed by atoms with Crippen molar-refractivity contribution < 1.29 is 9.72 Å². The van der Waals surface area contributed by atoms with Crippen LogP contribution in [0.3, 0.4) is 0 Å². The fourth-order valence-corrected chi connectivity index (χ4v) is 4.31. The number of non-ortho nitro benzene ring substituents is 1. The molecule has 0 N–H and O–H groups in total. The van der Waals surface area contributed by atoms with Crippen LogP contribution in [0.4, 0.5) is 11.4 Å². The van der Waals surface area contributed by atoms with Crippen LogP contribution in [0.1, 0.15) is 11.1 Å². The maximum Gasteiger partial charge on any atom is 0.269 e. The van der Waals surface area contributed by atoms with Crippen molar-refractivity contribution in [1.29, 1.82) is 0 Å². The van der Waals surface area contributed by atoms with E-state index in [2.05, 4.69) is 10.2 Å². The number of nitro benzene ring substituents is 1. The van der Waals surface area contributed by atoms with Gasteiger partial charge in [0.25, 0.3) is 5.69 Å². The first kappa shape index (κ1) is 20.5. The molecule has 0 spiro atoms. The van der Waals surface area contributed by atoms with Gasteiger partial charge in [-0.05, 0) is 29.7 Å². The number of amidine groups is 1. The predicted octanol–water partition coefficient (Wildman–Crippen LogP) is 4.68. The Balaban J connectivity index is 1.61. The molecule has 3 aromatic rings. The Hall–Kier alpha value is -3.78. The third-order valence-corrected chi connectivity index (χ3v) is 5.77. The van der Waals surface area contributed by atoms with Gasteiger partial charge in [0.05, 0.1) is 22.1 Å². The minimum Gasteiger partial charge on any atom is -0.273 e. The average molecular weight is 430 g/mol. The Kier molecular flexibility index (Phi) is 6.18. The smallest absolute Gasteiger partial charge is 0.269 e. The van der Waals surface area contributed by atoms with Crippen molar-refractivity contribution in [2.45, 2.75) is 11.7 Å². The number of nitro groups is 1. The molecule has 0 aromatic heterocycles. The average Bonchev–Trinajstić information content (AvgIpc) is 3.10. The number of nitrogens with zero attached hydrogens (tertiary/aromatic N) is 4. The number of hydrogen-bond donors (Lipinski definition) is 0. The Morgan fingerprint density at radius 2 is 1.71 bits per heavy atom. The summed E-state index contributed by atoms with van der Waals surface area (Å²) >= 11 is 1.31. The van der Waals surface area contributed by atoms with Crippen LogP contribution in [0.25, 0.3) is 0 Å². The lowest BCUT2D eigenvalue weighted by molar-refractivity contribution is -0.384. The van der Waals surface area contributed by atoms with E-state index in [0.717, 1.165) is 11.1 Å². The minimum atomic E-state index is -0.451. The molecule has 0 radical (unpaired) electrons. The number of para-hydroxylation sites is 1. The molecule has 4 rings (SSSR count). The number of anilines is 1. The molecule has 1 unspecified atom stereocenters. The van der Waals surface area contributed by atoms with E-state index in [1.54, 1.807) is 23.2 Å². The highest BCUT2D eigenvalue weighted by molar-refractivity contribution is 8.16. The Morgan fingerprint density at radius 1 is 1.00 bits per heavy atom. The highest BCUT2D eigenvalue weighted by Gasteiger charge is 2.39. The number of carbonyl (C=O) groups is 1. The number of rotatable bonds is 6. The van der Waals surface area contributed by atoms with Crippen LogP contribution in [0.2, 0.25) is 0 Å². The van der Waals surface area contributed by atoms with Crippen LogP contribution in [-0.4, -0.2) is 27.5 Å². The van der Waals surface area contributed by atoms with Gasteiger partial charge in [-0.25, -0.2) is 0 Å². The SMILES string of the molecule is O=C1C(Cc2cccc([N+](=O)[O-])c2)S/C(=N/N=C/c2ccccc2)N1c1ccccc1. The van der Waals surface area contributed by atoms with E-state index in [1.807, 2.05) is 60.7 Å². The van der Waals surface area contributed by atoms with Crippen molar-refractivity contribution in [2.24, 2.45) is 10.2 Å². The Labute approximate surface area is 183 Å². The lowest BCUT2D eigenvalue weighted by Crippen LogP contribution is -2.32. The molecule has 3 aromatic carbocycles. The molecule has 1 heterocycles. The predicted molar refractivity (Wildman–Crippen MR) is 124 cm³/mol. The van der Waals surface area contributed by atoms with E-state index < -0.39 is 10.2 Å². The summed E-state index contributed by atoms with van der Waals surface area (Å²) in [4.78, 5) is 25.4. The maximum absolute atomic E-state index is 13.2. The van der Waals surface area contributed by atoms with Crippen LogP contribution in [0, 0.1) is 10.1 Å². The van der Waals surface area contributed by atoms with Gasteiger partial charge in [0, 0.05) is 12.1 Å². The maximum atomic E-state index is 13.2. The van der Waals surface area contributed by atoms with Gasteiger partial charge in [-0.1, -0.05) is 72.4 Å². The summed E-state index contributed by atoms with van der Waals surface area (Å²) in [5.41, 5.74) is 2.34. The highest BCUT2D eigenvalue weighted by atomic mass is 32.2. The Bertz CT molecular complexity index is 1150. The van der Waals surface area contributed by atoms with Gasteiger partial charge < -0.3 is 0 Å². The molecule has 1 atom stereocenters. The second-order valence-corrected chi connectivity index (χ2v) is 7.95. The first-order chi connectivity index (χ1) is 15.1. The molecule has 154 valence electrons. The monoisotopic (exact) mass is 430 g/mol. The molecular formula is C23H18N4O3S. The van der Waals surface area contributed by atoms with E-state index in [1.165, 1.54) is 23.9 Å². The fourth-order valence-electron chi connectivity index (χ4n) is 3.18. The molecule has 1 saturated heterocycles. The number of thioether (sulfide) groups is 1. The zero-order valence-electron chi connectivity index (χ0n) is 16.4. The van der Waals surface area contributed by atoms with E-state index in [9.17, 15) is 14.9 Å². The van der Waals surface area contributed by atoms with Crippen molar-refractivity contribution in [3.05, 3.63) is 106 Å².